The molecule has 0 amide bonds. The molecule has 0 saturated carbocycles. The second-order valence-electron chi connectivity index (χ2n) is 20.7. The zero-order chi connectivity index (χ0) is 51.1. The van der Waals surface area contributed by atoms with Crippen molar-refractivity contribution in [2.75, 3.05) is 33.3 Å². The maximum Gasteiger partial charge on any atom is 0.213 e. The van der Waals surface area contributed by atoms with E-state index in [1.165, 1.54) is 70.5 Å². The SMILES string of the molecule is C=C(C)/C(C)=C/C(C)=C(/C)CC.C=C(Cc1ccc(OCCC2CCN(C)CC2)nc1)N1CCc2cc(-c3cc(C(C)=O)c(C)n3C)c(C3(O)C4Cc5ccccc5CN43)cc2C1.Cc1ccc(O)cc1. The number of ketones is 1. The molecule has 3 atom stereocenters. The summed E-state index contributed by atoms with van der Waals surface area (Å²) in [6.07, 6.45) is 11.3. The monoisotopic (exact) mass is 958 g/mol. The van der Waals surface area contributed by atoms with Crippen molar-refractivity contribution in [3.63, 3.8) is 0 Å². The Morgan fingerprint density at radius 2 is 1.58 bits per heavy atom. The standard InChI is InChI=1S/C43H51N5O3.C12H20.C7H8O/c1-28(20-32-10-11-42(44-25-32)51-19-15-31-12-16-45(4)17-13-31)47-18-14-34-21-38(40-24-37(30(3)49)29(2)46(40)5)39(22-36(34)26-47)43(50)41-23-33-8-6-7-9-35(33)27-48(41)43;1-7-10(4)12(6)8-11(5)9(2)3;1-6-2-4-7(8)5-3-6/h6-11,21-22,24-25,31,41,50H,1,12-20,23,26-27H2,2-5H3;8H,2,7H2,1,3-6H3;2-5,8H,1H3/b;11-8+,12-10-;. The van der Waals surface area contributed by atoms with Gasteiger partial charge in [0.25, 0.3) is 0 Å². The molecule has 9 heteroatoms. The first-order chi connectivity index (χ1) is 33.9. The summed E-state index contributed by atoms with van der Waals surface area (Å²) in [6.45, 7) is 30.1. The smallest absolute Gasteiger partial charge is 0.213 e. The third-order valence-electron chi connectivity index (χ3n) is 15.6. The Balaban J connectivity index is 0.000000309. The Bertz CT molecular complexity index is 2720. The van der Waals surface area contributed by atoms with Crippen LogP contribution in [0, 0.1) is 19.8 Å². The molecule has 0 radical (unpaired) electrons. The molecule has 4 aliphatic heterocycles. The van der Waals surface area contributed by atoms with Gasteiger partial charge in [-0.2, -0.15) is 0 Å². The van der Waals surface area contributed by atoms with Crippen molar-refractivity contribution < 1.29 is 19.7 Å². The first kappa shape index (κ1) is 52.8. The fourth-order valence-electron chi connectivity index (χ4n) is 10.2. The molecule has 6 heterocycles. The summed E-state index contributed by atoms with van der Waals surface area (Å²) in [5, 5.41) is 21.3. The maximum absolute atomic E-state index is 12.6. The van der Waals surface area contributed by atoms with Gasteiger partial charge in [0.2, 0.25) is 5.88 Å². The Kier molecular flexibility index (Phi) is 17.1. The number of pyridine rings is 1. The van der Waals surface area contributed by atoms with Crippen molar-refractivity contribution in [1.29, 1.82) is 0 Å². The molecule has 0 aliphatic carbocycles. The van der Waals surface area contributed by atoms with Crippen LogP contribution in [0.3, 0.4) is 0 Å². The second kappa shape index (κ2) is 23.0. The van der Waals surface area contributed by atoms with Gasteiger partial charge in [-0.3, -0.25) is 9.69 Å². The number of nitrogens with zero attached hydrogens (tertiary/aromatic N) is 5. The quantitative estimate of drug-likeness (QED) is 0.0685. The average molecular weight is 958 g/mol. The number of fused-ring (bicyclic) bond motifs is 3. The summed E-state index contributed by atoms with van der Waals surface area (Å²) < 4.78 is 8.13. The molecule has 2 aromatic heterocycles. The highest BCUT2D eigenvalue weighted by molar-refractivity contribution is 5.97. The van der Waals surface area contributed by atoms with E-state index in [9.17, 15) is 9.90 Å². The lowest BCUT2D eigenvalue weighted by Crippen LogP contribution is -2.31. The van der Waals surface area contributed by atoms with Gasteiger partial charge >= 0.3 is 0 Å². The summed E-state index contributed by atoms with van der Waals surface area (Å²) in [7, 11) is 4.22. The number of aliphatic hydroxyl groups is 1. The van der Waals surface area contributed by atoms with Crippen LogP contribution in [0.4, 0.5) is 0 Å². The number of allylic oxidation sites excluding steroid dienone is 6. The van der Waals surface area contributed by atoms with Gasteiger partial charge in [0.05, 0.1) is 12.6 Å². The summed E-state index contributed by atoms with van der Waals surface area (Å²) in [5.41, 5.74) is 17.2. The van der Waals surface area contributed by atoms with E-state index in [1.807, 2.05) is 58.3 Å². The van der Waals surface area contributed by atoms with Gasteiger partial charge in [0.1, 0.15) is 5.75 Å². The minimum absolute atomic E-state index is 0.0150. The van der Waals surface area contributed by atoms with Crippen molar-refractivity contribution >= 4 is 5.78 Å². The van der Waals surface area contributed by atoms with Gasteiger partial charge in [0.15, 0.2) is 11.5 Å². The molecule has 3 aromatic carbocycles. The maximum atomic E-state index is 12.6. The average Bonchev–Trinajstić information content (AvgIpc) is 3.82. The predicted molar refractivity (Wildman–Crippen MR) is 291 cm³/mol. The van der Waals surface area contributed by atoms with E-state index >= 15 is 0 Å². The van der Waals surface area contributed by atoms with Crippen molar-refractivity contribution in [3.05, 3.63) is 182 Å². The van der Waals surface area contributed by atoms with Gasteiger partial charge < -0.3 is 29.3 Å². The lowest BCUT2D eigenvalue weighted by Gasteiger charge is -2.33. The van der Waals surface area contributed by atoms with Crippen LogP contribution in [0.15, 0.2) is 132 Å². The number of rotatable bonds is 13. The minimum Gasteiger partial charge on any atom is -0.508 e. The number of phenols is 1. The number of aromatic nitrogens is 2. The molecule has 9 rings (SSSR count). The molecule has 5 aromatic rings. The molecule has 9 nitrogen and oxygen atoms in total. The molecule has 3 unspecified atom stereocenters. The fraction of sp³-hybridized carbons (Fsp3) is 0.419. The van der Waals surface area contributed by atoms with Crippen LogP contribution < -0.4 is 4.74 Å². The van der Waals surface area contributed by atoms with Crippen molar-refractivity contribution in [2.24, 2.45) is 13.0 Å². The third kappa shape index (κ3) is 12.6. The van der Waals surface area contributed by atoms with Crippen LogP contribution in [0.5, 0.6) is 11.6 Å². The number of hydrogen-bond donors (Lipinski definition) is 2. The summed E-state index contributed by atoms with van der Waals surface area (Å²) in [4.78, 5) is 24.2. The molecule has 71 heavy (non-hydrogen) atoms. The molecule has 2 saturated heterocycles. The van der Waals surface area contributed by atoms with Gasteiger partial charge in [-0.05, 0) is 177 Å². The number of piperidine rings is 1. The fourth-order valence-corrected chi connectivity index (χ4v) is 10.2. The lowest BCUT2D eigenvalue weighted by molar-refractivity contribution is 0.0822. The number of ether oxygens (including phenoxy) is 1. The zero-order valence-electron chi connectivity index (χ0n) is 44.4. The zero-order valence-corrected chi connectivity index (χ0v) is 44.4. The van der Waals surface area contributed by atoms with E-state index in [0.717, 1.165) is 103 Å². The molecule has 0 spiro atoms. The van der Waals surface area contributed by atoms with Gasteiger partial charge in [-0.15, -0.1) is 0 Å². The van der Waals surface area contributed by atoms with Gasteiger partial charge in [-0.1, -0.05) is 90.9 Å². The first-order valence-electron chi connectivity index (χ1n) is 25.7. The van der Waals surface area contributed by atoms with Crippen LogP contribution in [-0.2, 0) is 45.1 Å². The number of phenolic OH excluding ortho intramolecular Hbond substituents is 1. The number of benzene rings is 3. The number of aromatic hydroxyl groups is 1. The second-order valence-corrected chi connectivity index (χ2v) is 20.7. The topological polar surface area (TPSA) is 94.1 Å². The number of carbonyl (C=O) groups excluding carboxylic acids is 1. The number of carbonyl (C=O) groups is 1. The normalized spacial score (nSPS) is 19.9. The van der Waals surface area contributed by atoms with E-state index in [0.29, 0.717) is 18.2 Å². The molecular weight excluding hydrogens is 879 g/mol. The number of likely N-dealkylation sites (tertiary alicyclic amines) is 1. The van der Waals surface area contributed by atoms with Gasteiger partial charge in [0, 0.05) is 79.1 Å². The molecule has 4 aliphatic rings. The molecule has 2 fully saturated rings. The van der Waals surface area contributed by atoms with E-state index in [-0.39, 0.29) is 11.8 Å². The highest BCUT2D eigenvalue weighted by atomic mass is 16.5. The number of Topliss-reactive ketones (excluding diaryl/α,β-unsaturated/α-hetero) is 1. The molecule has 2 N–H and O–H groups in total. The predicted octanol–water partition coefficient (Wildman–Crippen LogP) is 12.4. The van der Waals surface area contributed by atoms with E-state index in [1.54, 1.807) is 19.1 Å². The Morgan fingerprint density at radius 1 is 0.873 bits per heavy atom. The van der Waals surface area contributed by atoms with Crippen LogP contribution in [-0.4, -0.2) is 79.6 Å². The summed E-state index contributed by atoms with van der Waals surface area (Å²) in [5.74, 6) is 1.82. The van der Waals surface area contributed by atoms with E-state index in [4.69, 9.17) is 9.84 Å². The third-order valence-corrected chi connectivity index (χ3v) is 15.6. The Hall–Kier alpha value is -6.00. The Labute approximate surface area is 424 Å². The van der Waals surface area contributed by atoms with Crippen LogP contribution in [0.25, 0.3) is 11.3 Å². The molecule has 376 valence electrons. The molecule has 0 bridgehead atoms. The first-order valence-corrected chi connectivity index (χ1v) is 25.7. The minimum atomic E-state index is -1.08. The van der Waals surface area contributed by atoms with Crippen LogP contribution in [0.2, 0.25) is 0 Å². The van der Waals surface area contributed by atoms with Crippen molar-refractivity contribution in [2.45, 2.75) is 125 Å². The van der Waals surface area contributed by atoms with Crippen molar-refractivity contribution in [3.8, 4) is 22.9 Å². The van der Waals surface area contributed by atoms with Crippen molar-refractivity contribution in [1.82, 2.24) is 24.3 Å². The highest BCUT2D eigenvalue weighted by Gasteiger charge is 2.65. The summed E-state index contributed by atoms with van der Waals surface area (Å²) in [6, 6.07) is 26.3. The van der Waals surface area contributed by atoms with Gasteiger partial charge in [-0.25, -0.2) is 4.98 Å². The Morgan fingerprint density at radius 3 is 2.20 bits per heavy atom. The van der Waals surface area contributed by atoms with E-state index < -0.39 is 5.72 Å². The number of hydrogen-bond acceptors (Lipinski definition) is 8. The van der Waals surface area contributed by atoms with Crippen LogP contribution >= 0.6 is 0 Å². The van der Waals surface area contributed by atoms with Crippen LogP contribution in [0.1, 0.15) is 122 Å². The highest BCUT2D eigenvalue weighted by Crippen LogP contribution is 2.55. The number of aryl methyl sites for hydroxylation is 1. The largest absolute Gasteiger partial charge is 0.508 e. The molecular formula is C62H79N5O4. The lowest BCUT2D eigenvalue weighted by atomic mass is 9.88. The summed E-state index contributed by atoms with van der Waals surface area (Å²) >= 11 is 0. The van der Waals surface area contributed by atoms with E-state index in [2.05, 4.69) is 121 Å².